The average Bonchev–Trinajstić information content (AvgIpc) is 2.54. The van der Waals surface area contributed by atoms with Crippen LogP contribution in [0.3, 0.4) is 0 Å². The lowest BCUT2D eigenvalue weighted by Gasteiger charge is -2.38. The Bertz CT molecular complexity index is 536. The highest BCUT2D eigenvalue weighted by Gasteiger charge is 2.34. The van der Waals surface area contributed by atoms with E-state index in [1.807, 2.05) is 25.1 Å². The fourth-order valence-corrected chi connectivity index (χ4v) is 2.69. The van der Waals surface area contributed by atoms with Crippen molar-refractivity contribution in [2.24, 2.45) is 0 Å². The normalized spacial score (nSPS) is 17.1. The first kappa shape index (κ1) is 17.8. The molecule has 0 bridgehead atoms. The minimum absolute atomic E-state index is 0.0870. The minimum Gasteiger partial charge on any atom is -0.491 e. The van der Waals surface area contributed by atoms with Crippen LogP contribution in [0.15, 0.2) is 18.2 Å². The van der Waals surface area contributed by atoms with Gasteiger partial charge >= 0.3 is 0 Å². The zero-order valence-electron chi connectivity index (χ0n) is 14.3. The van der Waals surface area contributed by atoms with E-state index in [2.05, 4.69) is 6.92 Å². The summed E-state index contributed by atoms with van der Waals surface area (Å²) >= 11 is 0. The molecule has 0 aromatic heterocycles. The molecule has 0 radical (unpaired) electrons. The summed E-state index contributed by atoms with van der Waals surface area (Å²) in [6.07, 6.45) is 1.47. The summed E-state index contributed by atoms with van der Waals surface area (Å²) in [7, 11) is 1.59. The maximum atomic E-state index is 11.9. The molecule has 1 aliphatic heterocycles. The standard InChI is InChI=1S/C18H27NO4/c1-14-4-5-16(12-15(14)2)23-13-18(21)7-9-19(10-8-18)17(20)6-11-22-3/h4-5,12,21H,6-11,13H2,1-3H3. The second-order valence-electron chi connectivity index (χ2n) is 6.38. The highest BCUT2D eigenvalue weighted by Crippen LogP contribution is 2.25. The van der Waals surface area contributed by atoms with Gasteiger partial charge in [-0.2, -0.15) is 0 Å². The van der Waals surface area contributed by atoms with Gasteiger partial charge in [0, 0.05) is 20.2 Å². The predicted octanol–water partition coefficient (Wildman–Crippen LogP) is 2.07. The van der Waals surface area contributed by atoms with Crippen molar-refractivity contribution in [2.45, 2.75) is 38.7 Å². The van der Waals surface area contributed by atoms with Crippen molar-refractivity contribution in [3.8, 4) is 5.75 Å². The quantitative estimate of drug-likeness (QED) is 0.871. The SMILES string of the molecule is COCCC(=O)N1CCC(O)(COc2ccc(C)c(C)c2)CC1. The van der Waals surface area contributed by atoms with Gasteiger partial charge < -0.3 is 19.5 Å². The van der Waals surface area contributed by atoms with Crippen LogP contribution in [0.2, 0.25) is 0 Å². The zero-order valence-corrected chi connectivity index (χ0v) is 14.3. The van der Waals surface area contributed by atoms with E-state index in [-0.39, 0.29) is 12.5 Å². The Morgan fingerprint density at radius 2 is 1.96 bits per heavy atom. The fraction of sp³-hybridized carbons (Fsp3) is 0.611. The van der Waals surface area contributed by atoms with Crippen LogP contribution in [0.4, 0.5) is 0 Å². The smallest absolute Gasteiger partial charge is 0.224 e. The van der Waals surface area contributed by atoms with Gasteiger partial charge in [0.25, 0.3) is 0 Å². The van der Waals surface area contributed by atoms with E-state index in [4.69, 9.17) is 9.47 Å². The number of amides is 1. The highest BCUT2D eigenvalue weighted by molar-refractivity contribution is 5.76. The van der Waals surface area contributed by atoms with Gasteiger partial charge in [-0.25, -0.2) is 0 Å². The first-order valence-corrected chi connectivity index (χ1v) is 8.13. The van der Waals surface area contributed by atoms with Crippen molar-refractivity contribution in [3.63, 3.8) is 0 Å². The third-order valence-corrected chi connectivity index (χ3v) is 4.55. The van der Waals surface area contributed by atoms with Gasteiger partial charge in [-0.15, -0.1) is 0 Å². The van der Waals surface area contributed by atoms with E-state index in [1.165, 1.54) is 11.1 Å². The molecule has 1 heterocycles. The van der Waals surface area contributed by atoms with E-state index in [1.54, 1.807) is 12.0 Å². The van der Waals surface area contributed by atoms with Gasteiger partial charge in [0.05, 0.1) is 13.0 Å². The number of carbonyl (C=O) groups excluding carboxylic acids is 1. The Morgan fingerprint density at radius 1 is 1.26 bits per heavy atom. The summed E-state index contributed by atoms with van der Waals surface area (Å²) in [5.41, 5.74) is 1.53. The lowest BCUT2D eigenvalue weighted by molar-refractivity contribution is -0.137. The van der Waals surface area contributed by atoms with Gasteiger partial charge in [-0.3, -0.25) is 4.79 Å². The molecule has 2 rings (SSSR count). The Hall–Kier alpha value is -1.59. The molecule has 128 valence electrons. The first-order valence-electron chi connectivity index (χ1n) is 8.13. The van der Waals surface area contributed by atoms with Crippen LogP contribution < -0.4 is 4.74 Å². The molecular weight excluding hydrogens is 294 g/mol. The number of rotatable bonds is 6. The molecular formula is C18H27NO4. The van der Waals surface area contributed by atoms with Crippen molar-refractivity contribution in [2.75, 3.05) is 33.4 Å². The van der Waals surface area contributed by atoms with Crippen LogP contribution in [-0.2, 0) is 9.53 Å². The molecule has 0 spiro atoms. The zero-order chi connectivity index (χ0) is 16.9. The van der Waals surface area contributed by atoms with Gasteiger partial charge in [-0.1, -0.05) is 6.07 Å². The summed E-state index contributed by atoms with van der Waals surface area (Å²) in [5, 5.41) is 10.6. The van der Waals surface area contributed by atoms with Crippen LogP contribution in [0.25, 0.3) is 0 Å². The number of carbonyl (C=O) groups is 1. The van der Waals surface area contributed by atoms with Gasteiger partial charge in [0.2, 0.25) is 5.91 Å². The Morgan fingerprint density at radius 3 is 2.57 bits per heavy atom. The van der Waals surface area contributed by atoms with Crippen LogP contribution in [0.1, 0.15) is 30.4 Å². The third kappa shape index (κ3) is 4.94. The van der Waals surface area contributed by atoms with Crippen molar-refractivity contribution in [1.82, 2.24) is 4.90 Å². The molecule has 1 N–H and O–H groups in total. The second kappa shape index (κ2) is 7.79. The highest BCUT2D eigenvalue weighted by atomic mass is 16.5. The molecule has 0 unspecified atom stereocenters. The van der Waals surface area contributed by atoms with Crippen LogP contribution >= 0.6 is 0 Å². The van der Waals surface area contributed by atoms with Crippen LogP contribution in [0, 0.1) is 13.8 Å². The van der Waals surface area contributed by atoms with Gasteiger partial charge in [0.15, 0.2) is 0 Å². The van der Waals surface area contributed by atoms with Crippen molar-refractivity contribution in [3.05, 3.63) is 29.3 Å². The summed E-state index contributed by atoms with van der Waals surface area (Å²) in [5.74, 6) is 0.865. The number of methoxy groups -OCH3 is 1. The number of benzene rings is 1. The predicted molar refractivity (Wildman–Crippen MR) is 88.7 cm³/mol. The number of piperidine rings is 1. The monoisotopic (exact) mass is 321 g/mol. The maximum Gasteiger partial charge on any atom is 0.224 e. The molecule has 1 aromatic carbocycles. The summed E-state index contributed by atoms with van der Waals surface area (Å²) in [6.45, 7) is 5.93. The Balaban J connectivity index is 1.82. The molecule has 1 fully saturated rings. The number of nitrogens with zero attached hydrogens (tertiary/aromatic N) is 1. The van der Waals surface area contributed by atoms with Crippen molar-refractivity contribution in [1.29, 1.82) is 0 Å². The van der Waals surface area contributed by atoms with E-state index in [0.29, 0.717) is 39.0 Å². The lowest BCUT2D eigenvalue weighted by atomic mass is 9.92. The molecule has 1 aliphatic rings. The summed E-state index contributed by atoms with van der Waals surface area (Å²) in [6, 6.07) is 5.93. The number of hydrogen-bond donors (Lipinski definition) is 1. The van der Waals surface area contributed by atoms with Gasteiger partial charge in [-0.05, 0) is 49.9 Å². The average molecular weight is 321 g/mol. The van der Waals surface area contributed by atoms with Crippen LogP contribution in [0.5, 0.6) is 5.75 Å². The molecule has 0 atom stereocenters. The van der Waals surface area contributed by atoms with Crippen LogP contribution in [-0.4, -0.2) is 54.9 Å². The topological polar surface area (TPSA) is 59.0 Å². The number of aryl methyl sites for hydroxylation is 2. The Labute approximate surface area is 138 Å². The number of ether oxygens (including phenoxy) is 2. The molecule has 5 heteroatoms. The van der Waals surface area contributed by atoms with Crippen molar-refractivity contribution < 1.29 is 19.4 Å². The van der Waals surface area contributed by atoms with Gasteiger partial charge in [0.1, 0.15) is 18.0 Å². The summed E-state index contributed by atoms with van der Waals surface area (Å²) < 4.78 is 10.7. The van der Waals surface area contributed by atoms with E-state index in [9.17, 15) is 9.90 Å². The molecule has 1 saturated heterocycles. The molecule has 0 saturated carbocycles. The lowest BCUT2D eigenvalue weighted by Crippen LogP contribution is -2.49. The first-order chi connectivity index (χ1) is 10.9. The number of hydrogen-bond acceptors (Lipinski definition) is 4. The minimum atomic E-state index is -0.864. The van der Waals surface area contributed by atoms with E-state index in [0.717, 1.165) is 5.75 Å². The number of likely N-dealkylation sites (tertiary alicyclic amines) is 1. The third-order valence-electron chi connectivity index (χ3n) is 4.55. The molecule has 1 amide bonds. The van der Waals surface area contributed by atoms with E-state index >= 15 is 0 Å². The maximum absolute atomic E-state index is 11.9. The van der Waals surface area contributed by atoms with E-state index < -0.39 is 5.60 Å². The number of aliphatic hydroxyl groups is 1. The summed E-state index contributed by atoms with van der Waals surface area (Å²) in [4.78, 5) is 13.7. The molecule has 23 heavy (non-hydrogen) atoms. The fourth-order valence-electron chi connectivity index (χ4n) is 2.69. The molecule has 0 aliphatic carbocycles. The molecule has 5 nitrogen and oxygen atoms in total. The molecule has 1 aromatic rings. The Kier molecular flexibility index (Phi) is 6.02. The van der Waals surface area contributed by atoms with Crippen molar-refractivity contribution >= 4 is 5.91 Å². The largest absolute Gasteiger partial charge is 0.491 e. The second-order valence-corrected chi connectivity index (χ2v) is 6.38.